The average Bonchev–Trinajstić information content (AvgIpc) is 2.11. The van der Waals surface area contributed by atoms with Crippen molar-refractivity contribution in [2.75, 3.05) is 5.32 Å². The number of halogens is 1. The number of nitrogens with two attached hydrogens (primary N) is 1. The predicted octanol–water partition coefficient (Wildman–Crippen LogP) is 1.46. The Balaban J connectivity index is 3.22. The molecular weight excluding hydrogens is 204 g/mol. The summed E-state index contributed by atoms with van der Waals surface area (Å²) >= 11 is 5.84. The minimum Gasteiger partial charge on any atom is -0.506 e. The molecule has 0 saturated carbocycles. The molecule has 0 bridgehead atoms. The number of anilines is 1. The van der Waals surface area contributed by atoms with Gasteiger partial charge in [0.25, 0.3) is 0 Å². The van der Waals surface area contributed by atoms with E-state index in [1.54, 1.807) is 0 Å². The zero-order valence-corrected chi connectivity index (χ0v) is 8.43. The molecule has 5 heteroatoms. The van der Waals surface area contributed by atoms with Crippen molar-refractivity contribution >= 4 is 23.2 Å². The van der Waals surface area contributed by atoms with E-state index in [1.807, 2.05) is 0 Å². The zero-order chi connectivity index (χ0) is 10.7. The smallest absolute Gasteiger partial charge is 0.221 e. The number of carbonyl (C=O) groups excluding carboxylic acids is 1. The van der Waals surface area contributed by atoms with Crippen LogP contribution in [0.25, 0.3) is 0 Å². The lowest BCUT2D eigenvalue weighted by Crippen LogP contribution is -2.10. The molecule has 14 heavy (non-hydrogen) atoms. The van der Waals surface area contributed by atoms with Gasteiger partial charge < -0.3 is 16.2 Å². The SMILES string of the molecule is CC(=O)Nc1c(O)ccc(Cl)c1CN. The molecule has 0 fully saturated rings. The Hall–Kier alpha value is -1.26. The number of carbonyl (C=O) groups is 1. The molecule has 0 saturated heterocycles. The van der Waals surface area contributed by atoms with Gasteiger partial charge in [0.15, 0.2) is 0 Å². The number of aromatic hydroxyl groups is 1. The van der Waals surface area contributed by atoms with Crippen molar-refractivity contribution in [3.8, 4) is 5.75 Å². The van der Waals surface area contributed by atoms with Crippen molar-refractivity contribution in [3.63, 3.8) is 0 Å². The molecule has 4 nitrogen and oxygen atoms in total. The van der Waals surface area contributed by atoms with Crippen LogP contribution in [0.1, 0.15) is 12.5 Å². The lowest BCUT2D eigenvalue weighted by Gasteiger charge is -2.11. The Morgan fingerprint density at radius 1 is 1.64 bits per heavy atom. The van der Waals surface area contributed by atoms with Gasteiger partial charge in [0.05, 0.1) is 5.69 Å². The summed E-state index contributed by atoms with van der Waals surface area (Å²) in [6.07, 6.45) is 0. The highest BCUT2D eigenvalue weighted by atomic mass is 35.5. The van der Waals surface area contributed by atoms with E-state index in [1.165, 1.54) is 19.1 Å². The van der Waals surface area contributed by atoms with Gasteiger partial charge >= 0.3 is 0 Å². The topological polar surface area (TPSA) is 75.3 Å². The summed E-state index contributed by atoms with van der Waals surface area (Å²) in [5, 5.41) is 12.4. The molecule has 0 aliphatic rings. The van der Waals surface area contributed by atoms with Gasteiger partial charge in [-0.2, -0.15) is 0 Å². The minimum absolute atomic E-state index is 0.0370. The number of phenolic OH excluding ortho intramolecular Hbond substituents is 1. The summed E-state index contributed by atoms with van der Waals surface area (Å²) in [5.74, 6) is -0.317. The minimum atomic E-state index is -0.280. The lowest BCUT2D eigenvalue weighted by atomic mass is 10.1. The fourth-order valence-corrected chi connectivity index (χ4v) is 1.36. The first-order valence-electron chi connectivity index (χ1n) is 4.04. The molecule has 4 N–H and O–H groups in total. The first kappa shape index (κ1) is 10.8. The Morgan fingerprint density at radius 3 is 2.79 bits per heavy atom. The third kappa shape index (κ3) is 2.16. The van der Waals surface area contributed by atoms with Crippen molar-refractivity contribution in [2.45, 2.75) is 13.5 Å². The van der Waals surface area contributed by atoms with Crippen LogP contribution in [0.5, 0.6) is 5.75 Å². The third-order valence-corrected chi connectivity index (χ3v) is 2.09. The number of amides is 1. The van der Waals surface area contributed by atoms with E-state index in [2.05, 4.69) is 5.32 Å². The molecule has 76 valence electrons. The van der Waals surface area contributed by atoms with Gasteiger partial charge in [-0.1, -0.05) is 11.6 Å². The molecule has 0 unspecified atom stereocenters. The molecule has 0 aliphatic heterocycles. The maximum absolute atomic E-state index is 10.8. The molecule has 0 radical (unpaired) electrons. The Kier molecular flexibility index (Phi) is 3.33. The normalized spacial score (nSPS) is 9.93. The molecular formula is C9H11ClN2O2. The second kappa shape index (κ2) is 4.30. The number of rotatable bonds is 2. The summed E-state index contributed by atoms with van der Waals surface area (Å²) in [4.78, 5) is 10.8. The monoisotopic (exact) mass is 214 g/mol. The Morgan fingerprint density at radius 2 is 2.29 bits per heavy atom. The van der Waals surface area contributed by atoms with Crippen LogP contribution in [-0.4, -0.2) is 11.0 Å². The molecule has 0 aromatic heterocycles. The highest BCUT2D eigenvalue weighted by Gasteiger charge is 2.11. The van der Waals surface area contributed by atoms with Crippen LogP contribution in [0.3, 0.4) is 0 Å². The molecule has 1 amide bonds. The maximum atomic E-state index is 10.8. The number of phenols is 1. The second-order valence-electron chi connectivity index (χ2n) is 2.81. The molecule has 0 heterocycles. The van der Waals surface area contributed by atoms with Crippen LogP contribution in [0, 0.1) is 0 Å². The standard InChI is InChI=1S/C9H11ClN2O2/c1-5(13)12-9-6(4-11)7(10)2-3-8(9)14/h2-3,14H,4,11H2,1H3,(H,12,13). The van der Waals surface area contributed by atoms with Crippen molar-refractivity contribution in [1.29, 1.82) is 0 Å². The number of benzene rings is 1. The quantitative estimate of drug-likeness (QED) is 0.653. The van der Waals surface area contributed by atoms with E-state index in [-0.39, 0.29) is 23.9 Å². The van der Waals surface area contributed by atoms with Gasteiger partial charge in [-0.25, -0.2) is 0 Å². The zero-order valence-electron chi connectivity index (χ0n) is 7.67. The summed E-state index contributed by atoms with van der Waals surface area (Å²) in [7, 11) is 0. The van der Waals surface area contributed by atoms with Crippen LogP contribution < -0.4 is 11.1 Å². The van der Waals surface area contributed by atoms with Gasteiger partial charge in [0, 0.05) is 24.1 Å². The summed E-state index contributed by atoms with van der Waals surface area (Å²) in [6.45, 7) is 1.50. The van der Waals surface area contributed by atoms with Gasteiger partial charge in [0.1, 0.15) is 5.75 Å². The molecule has 0 atom stereocenters. The second-order valence-corrected chi connectivity index (χ2v) is 3.21. The highest BCUT2D eigenvalue weighted by molar-refractivity contribution is 6.32. The largest absolute Gasteiger partial charge is 0.506 e. The van der Waals surface area contributed by atoms with E-state index in [0.29, 0.717) is 10.6 Å². The predicted molar refractivity (Wildman–Crippen MR) is 55.3 cm³/mol. The van der Waals surface area contributed by atoms with E-state index < -0.39 is 0 Å². The molecule has 0 spiro atoms. The first-order chi connectivity index (χ1) is 6.56. The van der Waals surface area contributed by atoms with Gasteiger partial charge in [-0.3, -0.25) is 4.79 Å². The molecule has 1 rings (SSSR count). The fraction of sp³-hybridized carbons (Fsp3) is 0.222. The summed E-state index contributed by atoms with van der Waals surface area (Å²) < 4.78 is 0. The highest BCUT2D eigenvalue weighted by Crippen LogP contribution is 2.32. The van der Waals surface area contributed by atoms with Crippen LogP contribution >= 0.6 is 11.6 Å². The van der Waals surface area contributed by atoms with E-state index >= 15 is 0 Å². The van der Waals surface area contributed by atoms with E-state index in [9.17, 15) is 9.90 Å². The number of nitrogens with one attached hydrogen (secondary N) is 1. The van der Waals surface area contributed by atoms with Gasteiger partial charge in [-0.05, 0) is 12.1 Å². The Bertz CT molecular complexity index is 366. The van der Waals surface area contributed by atoms with Gasteiger partial charge in [0.2, 0.25) is 5.91 Å². The van der Waals surface area contributed by atoms with Crippen LogP contribution in [-0.2, 0) is 11.3 Å². The molecule has 0 aliphatic carbocycles. The number of hydrogen-bond acceptors (Lipinski definition) is 3. The van der Waals surface area contributed by atoms with Crippen LogP contribution in [0.2, 0.25) is 5.02 Å². The number of hydrogen-bond donors (Lipinski definition) is 3. The van der Waals surface area contributed by atoms with Gasteiger partial charge in [-0.15, -0.1) is 0 Å². The summed E-state index contributed by atoms with van der Waals surface area (Å²) in [6, 6.07) is 2.94. The van der Waals surface area contributed by atoms with Crippen molar-refractivity contribution in [1.82, 2.24) is 0 Å². The van der Waals surface area contributed by atoms with Crippen LogP contribution in [0.4, 0.5) is 5.69 Å². The average molecular weight is 215 g/mol. The van der Waals surface area contributed by atoms with Crippen molar-refractivity contribution < 1.29 is 9.90 Å². The third-order valence-electron chi connectivity index (χ3n) is 1.74. The van der Waals surface area contributed by atoms with Crippen molar-refractivity contribution in [3.05, 3.63) is 22.7 Å². The van der Waals surface area contributed by atoms with Crippen LogP contribution in [0.15, 0.2) is 12.1 Å². The van der Waals surface area contributed by atoms with E-state index in [4.69, 9.17) is 17.3 Å². The molecule has 1 aromatic rings. The Labute approximate surface area is 86.7 Å². The fourth-order valence-electron chi connectivity index (χ4n) is 1.13. The van der Waals surface area contributed by atoms with E-state index in [0.717, 1.165) is 0 Å². The van der Waals surface area contributed by atoms with Crippen molar-refractivity contribution in [2.24, 2.45) is 5.73 Å². The lowest BCUT2D eigenvalue weighted by molar-refractivity contribution is -0.114. The molecule has 1 aromatic carbocycles. The maximum Gasteiger partial charge on any atom is 0.221 e. The first-order valence-corrected chi connectivity index (χ1v) is 4.42. The summed E-state index contributed by atoms with van der Waals surface area (Å²) in [5.41, 5.74) is 6.26.